The van der Waals surface area contributed by atoms with Crippen LogP contribution in [-0.2, 0) is 4.74 Å². The van der Waals surface area contributed by atoms with Crippen LogP contribution in [0.25, 0.3) is 0 Å². The predicted octanol–water partition coefficient (Wildman–Crippen LogP) is 5.07. The summed E-state index contributed by atoms with van der Waals surface area (Å²) in [5.74, 6) is 0.107. The van der Waals surface area contributed by atoms with Crippen LogP contribution in [0.15, 0.2) is 91.0 Å². The van der Waals surface area contributed by atoms with E-state index in [0.717, 1.165) is 16.7 Å². The van der Waals surface area contributed by atoms with E-state index in [1.807, 2.05) is 66.7 Å². The van der Waals surface area contributed by atoms with E-state index in [1.54, 1.807) is 0 Å². The van der Waals surface area contributed by atoms with Gasteiger partial charge in [-0.05, 0) is 11.1 Å². The van der Waals surface area contributed by atoms with E-state index in [9.17, 15) is 4.79 Å². The maximum Gasteiger partial charge on any atom is 0.165 e. The smallest absolute Gasteiger partial charge is 0.165 e. The molecule has 3 aromatic carbocycles. The van der Waals surface area contributed by atoms with Crippen molar-refractivity contribution in [2.24, 2.45) is 0 Å². The molecular formula is C22H20O2. The number of Topliss-reactive ketones (excluding diaryl/α,β-unsaturated/α-hetero) is 1. The van der Waals surface area contributed by atoms with Gasteiger partial charge in [0.25, 0.3) is 0 Å². The van der Waals surface area contributed by atoms with Gasteiger partial charge in [-0.2, -0.15) is 0 Å². The molecule has 0 aliphatic heterocycles. The summed E-state index contributed by atoms with van der Waals surface area (Å²) in [6.45, 7) is 0.391. The Balaban J connectivity index is 1.68. The van der Waals surface area contributed by atoms with Crippen molar-refractivity contribution in [3.8, 4) is 0 Å². The van der Waals surface area contributed by atoms with Gasteiger partial charge < -0.3 is 4.74 Å². The van der Waals surface area contributed by atoms with E-state index >= 15 is 0 Å². The molecule has 0 aromatic heterocycles. The van der Waals surface area contributed by atoms with Gasteiger partial charge in [0.2, 0.25) is 0 Å². The molecule has 2 nitrogen and oxygen atoms in total. The van der Waals surface area contributed by atoms with Crippen molar-refractivity contribution in [2.75, 3.05) is 6.61 Å². The normalized spacial score (nSPS) is 10.7. The highest BCUT2D eigenvalue weighted by atomic mass is 16.5. The molecule has 0 atom stereocenters. The maximum atomic E-state index is 12.2. The van der Waals surface area contributed by atoms with Crippen LogP contribution in [0.1, 0.15) is 34.0 Å². The zero-order chi connectivity index (χ0) is 16.6. The van der Waals surface area contributed by atoms with E-state index in [1.165, 1.54) is 0 Å². The first kappa shape index (κ1) is 16.2. The second-order valence-electron chi connectivity index (χ2n) is 5.61. The topological polar surface area (TPSA) is 26.3 Å². The average Bonchev–Trinajstić information content (AvgIpc) is 2.67. The van der Waals surface area contributed by atoms with E-state index in [0.29, 0.717) is 13.0 Å². The van der Waals surface area contributed by atoms with E-state index < -0.39 is 0 Å². The molecule has 0 heterocycles. The summed E-state index contributed by atoms with van der Waals surface area (Å²) >= 11 is 0. The predicted molar refractivity (Wildman–Crippen MR) is 96.1 cm³/mol. The number of ketones is 1. The van der Waals surface area contributed by atoms with Crippen molar-refractivity contribution in [3.63, 3.8) is 0 Å². The molecule has 0 aliphatic rings. The van der Waals surface area contributed by atoms with Crippen LogP contribution in [0.5, 0.6) is 0 Å². The number of hydrogen-bond donors (Lipinski definition) is 0. The van der Waals surface area contributed by atoms with Gasteiger partial charge in [0.05, 0.1) is 6.61 Å². The maximum absolute atomic E-state index is 12.2. The molecule has 0 radical (unpaired) electrons. The Kier molecular flexibility index (Phi) is 5.54. The van der Waals surface area contributed by atoms with Crippen molar-refractivity contribution < 1.29 is 9.53 Å². The second-order valence-corrected chi connectivity index (χ2v) is 5.61. The standard InChI is InChI=1S/C22H20O2/c23-21(18-10-4-1-5-11-18)16-17-24-22(19-12-6-2-7-13-19)20-14-8-3-9-15-20/h1-15,22H,16-17H2. The van der Waals surface area contributed by atoms with Crippen LogP contribution in [0.3, 0.4) is 0 Å². The molecule has 0 bridgehead atoms. The lowest BCUT2D eigenvalue weighted by Gasteiger charge is -2.19. The molecule has 0 amide bonds. The molecule has 0 N–H and O–H groups in total. The van der Waals surface area contributed by atoms with Crippen LogP contribution in [0, 0.1) is 0 Å². The van der Waals surface area contributed by atoms with Gasteiger partial charge in [-0.25, -0.2) is 0 Å². The third-order valence-corrected chi connectivity index (χ3v) is 3.91. The summed E-state index contributed by atoms with van der Waals surface area (Å²) < 4.78 is 6.09. The third-order valence-electron chi connectivity index (χ3n) is 3.91. The first-order chi connectivity index (χ1) is 11.8. The summed E-state index contributed by atoms with van der Waals surface area (Å²) in [5, 5.41) is 0. The highest BCUT2D eigenvalue weighted by Crippen LogP contribution is 2.26. The van der Waals surface area contributed by atoms with Gasteiger partial charge in [0.1, 0.15) is 6.10 Å². The minimum absolute atomic E-state index is 0.107. The Bertz CT molecular complexity index is 712. The first-order valence-corrected chi connectivity index (χ1v) is 8.14. The highest BCUT2D eigenvalue weighted by molar-refractivity contribution is 5.96. The monoisotopic (exact) mass is 316 g/mol. The van der Waals surface area contributed by atoms with Gasteiger partial charge in [0, 0.05) is 12.0 Å². The fourth-order valence-electron chi connectivity index (χ4n) is 2.68. The molecule has 0 saturated carbocycles. The minimum Gasteiger partial charge on any atom is -0.368 e. The quantitative estimate of drug-likeness (QED) is 0.569. The SMILES string of the molecule is O=C(CCOC(c1ccccc1)c1ccccc1)c1ccccc1. The fourth-order valence-corrected chi connectivity index (χ4v) is 2.68. The lowest BCUT2D eigenvalue weighted by molar-refractivity contribution is 0.0683. The molecule has 0 spiro atoms. The number of rotatable bonds is 7. The third kappa shape index (κ3) is 4.18. The molecule has 0 aliphatic carbocycles. The lowest BCUT2D eigenvalue weighted by atomic mass is 10.0. The van der Waals surface area contributed by atoms with Gasteiger partial charge in [-0.1, -0.05) is 91.0 Å². The van der Waals surface area contributed by atoms with E-state index in [4.69, 9.17) is 4.74 Å². The Morgan fingerprint density at radius 1 is 0.708 bits per heavy atom. The lowest BCUT2D eigenvalue weighted by Crippen LogP contribution is -2.10. The van der Waals surface area contributed by atoms with Crippen molar-refractivity contribution >= 4 is 5.78 Å². The molecule has 3 aromatic rings. The largest absolute Gasteiger partial charge is 0.368 e. The number of ether oxygens (including phenoxy) is 1. The molecule has 0 saturated heterocycles. The molecule has 0 unspecified atom stereocenters. The molecule has 120 valence electrons. The number of carbonyl (C=O) groups excluding carboxylic acids is 1. The first-order valence-electron chi connectivity index (χ1n) is 8.14. The number of carbonyl (C=O) groups is 1. The van der Waals surface area contributed by atoms with Crippen LogP contribution in [0.4, 0.5) is 0 Å². The summed E-state index contributed by atoms with van der Waals surface area (Å²) in [4.78, 5) is 12.2. The van der Waals surface area contributed by atoms with E-state index in [-0.39, 0.29) is 11.9 Å². The summed E-state index contributed by atoms with van der Waals surface area (Å²) in [5.41, 5.74) is 2.92. The summed E-state index contributed by atoms with van der Waals surface area (Å²) in [7, 11) is 0. The van der Waals surface area contributed by atoms with Crippen LogP contribution >= 0.6 is 0 Å². The minimum atomic E-state index is -0.157. The molecule has 24 heavy (non-hydrogen) atoms. The fraction of sp³-hybridized carbons (Fsp3) is 0.136. The zero-order valence-electron chi connectivity index (χ0n) is 13.5. The summed E-state index contributed by atoms with van der Waals surface area (Å²) in [6, 6.07) is 29.6. The molecule has 3 rings (SSSR count). The van der Waals surface area contributed by atoms with Gasteiger partial charge in [0.15, 0.2) is 5.78 Å². The second kappa shape index (κ2) is 8.23. The molecule has 0 fully saturated rings. The van der Waals surface area contributed by atoms with Crippen molar-refractivity contribution in [2.45, 2.75) is 12.5 Å². The molecule has 2 heteroatoms. The van der Waals surface area contributed by atoms with Crippen molar-refractivity contribution in [1.29, 1.82) is 0 Å². The highest BCUT2D eigenvalue weighted by Gasteiger charge is 2.15. The van der Waals surface area contributed by atoms with E-state index in [2.05, 4.69) is 24.3 Å². The zero-order valence-corrected chi connectivity index (χ0v) is 13.5. The Morgan fingerprint density at radius 3 is 1.67 bits per heavy atom. The number of hydrogen-bond acceptors (Lipinski definition) is 2. The Labute approximate surface area is 142 Å². The van der Waals surface area contributed by atoms with Gasteiger partial charge >= 0.3 is 0 Å². The Hall–Kier alpha value is -2.71. The summed E-state index contributed by atoms with van der Waals surface area (Å²) in [6.07, 6.45) is 0.219. The molecular weight excluding hydrogens is 296 g/mol. The van der Waals surface area contributed by atoms with Gasteiger partial charge in [-0.3, -0.25) is 4.79 Å². The van der Waals surface area contributed by atoms with Crippen LogP contribution in [0.2, 0.25) is 0 Å². The van der Waals surface area contributed by atoms with Gasteiger partial charge in [-0.15, -0.1) is 0 Å². The Morgan fingerprint density at radius 2 is 1.17 bits per heavy atom. The van der Waals surface area contributed by atoms with Crippen LogP contribution in [-0.4, -0.2) is 12.4 Å². The van der Waals surface area contributed by atoms with Crippen LogP contribution < -0.4 is 0 Å². The average molecular weight is 316 g/mol. The van der Waals surface area contributed by atoms with Crippen molar-refractivity contribution in [1.82, 2.24) is 0 Å². The van der Waals surface area contributed by atoms with Crippen molar-refractivity contribution in [3.05, 3.63) is 108 Å². The number of benzene rings is 3.